The summed E-state index contributed by atoms with van der Waals surface area (Å²) in [5.74, 6) is -0.865. The molecule has 1 aromatic carbocycles. The topological polar surface area (TPSA) is 26.3 Å². The van der Waals surface area contributed by atoms with E-state index in [4.69, 9.17) is 27.9 Å². The first-order chi connectivity index (χ1) is 6.56. The summed E-state index contributed by atoms with van der Waals surface area (Å²) in [5, 5.41) is 0. The lowest BCUT2D eigenvalue weighted by molar-refractivity contribution is 0.100. The lowest BCUT2D eigenvalue weighted by atomic mass is 10.1. The lowest BCUT2D eigenvalue weighted by Crippen LogP contribution is -2.10. The van der Waals surface area contributed by atoms with E-state index >= 15 is 0 Å². The van der Waals surface area contributed by atoms with E-state index in [1.54, 1.807) is 0 Å². The van der Waals surface area contributed by atoms with Gasteiger partial charge < -0.3 is 4.74 Å². The van der Waals surface area contributed by atoms with Crippen LogP contribution < -0.4 is 4.74 Å². The summed E-state index contributed by atoms with van der Waals surface area (Å²) in [4.78, 5) is 10.1. The van der Waals surface area contributed by atoms with Gasteiger partial charge in [-0.2, -0.15) is 0 Å². The highest BCUT2D eigenvalue weighted by molar-refractivity contribution is 6.55. The molecule has 14 heavy (non-hydrogen) atoms. The van der Waals surface area contributed by atoms with Crippen LogP contribution >= 0.6 is 23.2 Å². The van der Waals surface area contributed by atoms with Crippen molar-refractivity contribution in [3.05, 3.63) is 29.6 Å². The summed E-state index contributed by atoms with van der Waals surface area (Å²) >= 11 is 10.8. The molecule has 0 aliphatic rings. The van der Waals surface area contributed by atoms with Crippen molar-refractivity contribution >= 4 is 29.0 Å². The first-order valence-corrected chi connectivity index (χ1v) is 4.59. The number of alkyl halides is 2. The molecule has 0 saturated carbocycles. The summed E-state index contributed by atoms with van der Waals surface area (Å²) in [6.45, 7) is 0. The van der Waals surface area contributed by atoms with Gasteiger partial charge in [-0.3, -0.25) is 4.79 Å². The average Bonchev–Trinajstić information content (AvgIpc) is 2.16. The van der Waals surface area contributed by atoms with Gasteiger partial charge in [0.15, 0.2) is 10.6 Å². The van der Waals surface area contributed by atoms with Gasteiger partial charge in [0.05, 0.1) is 12.7 Å². The molecule has 0 atom stereocenters. The number of ether oxygens (including phenoxy) is 1. The molecule has 0 N–H and O–H groups in total. The van der Waals surface area contributed by atoms with Crippen molar-refractivity contribution in [3.8, 4) is 5.75 Å². The molecule has 0 saturated heterocycles. The molecule has 0 fully saturated rings. The van der Waals surface area contributed by atoms with Gasteiger partial charge in [0, 0.05) is 0 Å². The highest BCUT2D eigenvalue weighted by Gasteiger charge is 2.19. The van der Waals surface area contributed by atoms with Crippen molar-refractivity contribution in [2.45, 2.75) is 4.84 Å². The second kappa shape index (κ2) is 4.62. The third-order valence-corrected chi connectivity index (χ3v) is 2.02. The predicted octanol–water partition coefficient (Wildman–Crippen LogP) is 2.82. The Hall–Kier alpha value is -0.800. The Morgan fingerprint density at radius 3 is 2.64 bits per heavy atom. The van der Waals surface area contributed by atoms with Crippen LogP contribution in [0.2, 0.25) is 0 Å². The lowest BCUT2D eigenvalue weighted by Gasteiger charge is -2.07. The minimum atomic E-state index is -1.22. The fraction of sp³-hybridized carbons (Fsp3) is 0.222. The van der Waals surface area contributed by atoms with E-state index in [9.17, 15) is 9.18 Å². The largest absolute Gasteiger partial charge is 0.496 e. The number of Topliss-reactive ketones (excluding diaryl/α,β-unsaturated/α-hetero) is 1. The first-order valence-electron chi connectivity index (χ1n) is 3.72. The van der Waals surface area contributed by atoms with Gasteiger partial charge in [0.25, 0.3) is 0 Å². The molecule has 1 rings (SSSR count). The Morgan fingerprint density at radius 1 is 1.50 bits per heavy atom. The van der Waals surface area contributed by atoms with Crippen molar-refractivity contribution in [1.82, 2.24) is 0 Å². The molecule has 0 aliphatic heterocycles. The normalized spacial score (nSPS) is 10.4. The summed E-state index contributed by atoms with van der Waals surface area (Å²) in [5.41, 5.74) is 0.0440. The molecule has 0 heterocycles. The van der Waals surface area contributed by atoms with E-state index in [1.807, 2.05) is 0 Å². The number of rotatable bonds is 3. The van der Waals surface area contributed by atoms with Gasteiger partial charge in [-0.1, -0.05) is 23.2 Å². The summed E-state index contributed by atoms with van der Waals surface area (Å²) in [6, 6.07) is 3.57. The average molecular weight is 237 g/mol. The quantitative estimate of drug-likeness (QED) is 0.596. The molecule has 5 heteroatoms. The maximum absolute atomic E-state index is 12.8. The Bertz CT molecular complexity index is 353. The number of benzene rings is 1. The molecule has 0 unspecified atom stereocenters. The standard InChI is InChI=1S/C9H7Cl2FO2/c1-14-7-3-2-5(12)4-6(7)8(13)9(10)11/h2-4,9H,1H3. The first kappa shape index (κ1) is 11.3. The summed E-state index contributed by atoms with van der Waals surface area (Å²) in [6.07, 6.45) is 0. The van der Waals surface area contributed by atoms with Crippen molar-refractivity contribution in [2.75, 3.05) is 7.11 Å². The fourth-order valence-corrected chi connectivity index (χ4v) is 1.23. The van der Waals surface area contributed by atoms with Gasteiger partial charge >= 0.3 is 0 Å². The van der Waals surface area contributed by atoms with Crippen LogP contribution in [0.25, 0.3) is 0 Å². The van der Waals surface area contributed by atoms with Crippen molar-refractivity contribution in [2.24, 2.45) is 0 Å². The zero-order valence-corrected chi connectivity index (χ0v) is 8.77. The minimum absolute atomic E-state index is 0.0440. The number of ketones is 1. The van der Waals surface area contributed by atoms with Gasteiger partial charge in [-0.25, -0.2) is 4.39 Å². The van der Waals surface area contributed by atoms with Crippen LogP contribution in [-0.4, -0.2) is 17.7 Å². The minimum Gasteiger partial charge on any atom is -0.496 e. The van der Waals surface area contributed by atoms with E-state index in [0.29, 0.717) is 0 Å². The number of hydrogen-bond donors (Lipinski definition) is 0. The van der Waals surface area contributed by atoms with Crippen LogP contribution in [0, 0.1) is 5.82 Å². The Balaban J connectivity index is 3.17. The summed E-state index contributed by atoms with van der Waals surface area (Å²) in [7, 11) is 1.38. The molecule has 2 nitrogen and oxygen atoms in total. The number of halogens is 3. The van der Waals surface area contributed by atoms with Crippen LogP contribution in [-0.2, 0) is 0 Å². The third kappa shape index (κ3) is 2.36. The van der Waals surface area contributed by atoms with Crippen LogP contribution in [0.15, 0.2) is 18.2 Å². The van der Waals surface area contributed by atoms with E-state index in [0.717, 1.165) is 6.07 Å². The SMILES string of the molecule is COc1ccc(F)cc1C(=O)C(Cl)Cl. The summed E-state index contributed by atoms with van der Waals surface area (Å²) < 4.78 is 17.7. The third-order valence-electron chi connectivity index (χ3n) is 1.63. The van der Waals surface area contributed by atoms with Gasteiger partial charge in [0.1, 0.15) is 11.6 Å². The van der Waals surface area contributed by atoms with Crippen molar-refractivity contribution in [3.63, 3.8) is 0 Å². The smallest absolute Gasteiger partial charge is 0.199 e. The molecule has 0 amide bonds. The molecule has 0 spiro atoms. The molecule has 76 valence electrons. The molecular weight excluding hydrogens is 230 g/mol. The molecular formula is C9H7Cl2FO2. The van der Waals surface area contributed by atoms with Crippen LogP contribution in [0.1, 0.15) is 10.4 Å². The Morgan fingerprint density at radius 2 is 2.14 bits per heavy atom. The molecule has 0 aromatic heterocycles. The molecule has 0 radical (unpaired) electrons. The Labute approximate surface area is 90.6 Å². The van der Waals surface area contributed by atoms with Crippen LogP contribution in [0.3, 0.4) is 0 Å². The highest BCUT2D eigenvalue weighted by Crippen LogP contribution is 2.23. The second-order valence-electron chi connectivity index (χ2n) is 2.51. The van der Waals surface area contributed by atoms with Crippen molar-refractivity contribution in [1.29, 1.82) is 0 Å². The number of carbonyl (C=O) groups is 1. The van der Waals surface area contributed by atoms with Crippen molar-refractivity contribution < 1.29 is 13.9 Å². The van der Waals surface area contributed by atoms with E-state index < -0.39 is 16.4 Å². The van der Waals surface area contributed by atoms with E-state index in [2.05, 4.69) is 0 Å². The fourth-order valence-electron chi connectivity index (χ4n) is 0.990. The Kier molecular flexibility index (Phi) is 3.72. The highest BCUT2D eigenvalue weighted by atomic mass is 35.5. The molecule has 1 aromatic rings. The molecule has 0 aliphatic carbocycles. The zero-order valence-electron chi connectivity index (χ0n) is 7.26. The number of carbonyl (C=O) groups excluding carboxylic acids is 1. The predicted molar refractivity (Wildman–Crippen MR) is 52.8 cm³/mol. The van der Waals surface area contributed by atoms with Gasteiger partial charge in [-0.05, 0) is 18.2 Å². The van der Waals surface area contributed by atoms with Gasteiger partial charge in [0.2, 0.25) is 0 Å². The van der Waals surface area contributed by atoms with Crippen LogP contribution in [0.5, 0.6) is 5.75 Å². The zero-order chi connectivity index (χ0) is 10.7. The van der Waals surface area contributed by atoms with Gasteiger partial charge in [-0.15, -0.1) is 0 Å². The monoisotopic (exact) mass is 236 g/mol. The number of methoxy groups -OCH3 is 1. The van der Waals surface area contributed by atoms with E-state index in [-0.39, 0.29) is 11.3 Å². The number of hydrogen-bond acceptors (Lipinski definition) is 2. The van der Waals surface area contributed by atoms with E-state index in [1.165, 1.54) is 19.2 Å². The maximum atomic E-state index is 12.8. The van der Waals surface area contributed by atoms with Crippen LogP contribution in [0.4, 0.5) is 4.39 Å². The molecule has 0 bridgehead atoms. The second-order valence-corrected chi connectivity index (χ2v) is 3.61. The maximum Gasteiger partial charge on any atom is 0.199 e.